The molecule has 1 heterocycles. The molecule has 1 amide bonds. The van der Waals surface area contributed by atoms with Gasteiger partial charge in [0.2, 0.25) is 10.0 Å². The Morgan fingerprint density at radius 1 is 0.931 bits per heavy atom. The summed E-state index contributed by atoms with van der Waals surface area (Å²) in [6, 6.07) is 13.1. The molecule has 2 fully saturated rings. The number of rotatable bonds is 4. The van der Waals surface area contributed by atoms with Gasteiger partial charge in [0, 0.05) is 12.1 Å². The summed E-state index contributed by atoms with van der Waals surface area (Å²) in [4.78, 5) is 12.9. The van der Waals surface area contributed by atoms with Crippen LogP contribution in [0.5, 0.6) is 0 Å². The van der Waals surface area contributed by atoms with Gasteiger partial charge >= 0.3 is 0 Å². The van der Waals surface area contributed by atoms with Crippen LogP contribution >= 0.6 is 0 Å². The number of amides is 1. The zero-order valence-corrected chi connectivity index (χ0v) is 17.1. The third-order valence-electron chi connectivity index (χ3n) is 5.97. The molecule has 0 atom stereocenters. The number of nitrogens with one attached hydrogen (secondary N) is 1. The zero-order chi connectivity index (χ0) is 20.5. The lowest BCUT2D eigenvalue weighted by atomic mass is 9.87. The minimum atomic E-state index is -3.28. The topological polar surface area (TPSA) is 66.5 Å². The molecule has 1 N–H and O–H groups in total. The lowest BCUT2D eigenvalue weighted by Crippen LogP contribution is -2.43. The number of halogens is 1. The highest BCUT2D eigenvalue weighted by atomic mass is 32.2. The maximum atomic E-state index is 13.3. The Hall–Kier alpha value is -2.41. The third-order valence-corrected chi connectivity index (χ3v) is 7.84. The second-order valence-corrected chi connectivity index (χ2v) is 9.91. The molecule has 4 rings (SSSR count). The van der Waals surface area contributed by atoms with Crippen LogP contribution in [0.3, 0.4) is 0 Å². The lowest BCUT2D eigenvalue weighted by molar-refractivity contribution is 0.0898. The summed E-state index contributed by atoms with van der Waals surface area (Å²) in [6.45, 7) is 0.474. The quantitative estimate of drug-likeness (QED) is 0.821. The fraction of sp³-hybridized carbons (Fsp3) is 0.409. The Morgan fingerprint density at radius 2 is 1.59 bits per heavy atom. The van der Waals surface area contributed by atoms with Gasteiger partial charge in [-0.3, -0.25) is 9.10 Å². The highest BCUT2D eigenvalue weighted by molar-refractivity contribution is 7.92. The van der Waals surface area contributed by atoms with E-state index in [-0.39, 0.29) is 17.5 Å². The first-order valence-electron chi connectivity index (χ1n) is 10.1. The van der Waals surface area contributed by atoms with E-state index in [1.807, 2.05) is 0 Å². The Morgan fingerprint density at radius 3 is 2.21 bits per heavy atom. The van der Waals surface area contributed by atoms with Crippen molar-refractivity contribution >= 4 is 21.6 Å². The molecule has 29 heavy (non-hydrogen) atoms. The summed E-state index contributed by atoms with van der Waals surface area (Å²) in [5.74, 6) is -0.337. The van der Waals surface area contributed by atoms with Gasteiger partial charge < -0.3 is 5.32 Å². The van der Waals surface area contributed by atoms with Gasteiger partial charge in [0.15, 0.2) is 0 Å². The van der Waals surface area contributed by atoms with Crippen LogP contribution in [-0.4, -0.2) is 26.6 Å². The maximum Gasteiger partial charge on any atom is 0.251 e. The van der Waals surface area contributed by atoms with E-state index in [2.05, 4.69) is 5.32 Å². The molecule has 1 saturated heterocycles. The normalized spacial score (nSPS) is 20.4. The van der Waals surface area contributed by atoms with E-state index in [1.165, 1.54) is 16.4 Å². The average Bonchev–Trinajstić information content (AvgIpc) is 3.18. The fourth-order valence-corrected chi connectivity index (χ4v) is 6.02. The van der Waals surface area contributed by atoms with Crippen LogP contribution in [0.4, 0.5) is 10.1 Å². The van der Waals surface area contributed by atoms with Crippen molar-refractivity contribution in [1.29, 1.82) is 0 Å². The number of sulfonamides is 1. The Kier molecular flexibility index (Phi) is 5.34. The highest BCUT2D eigenvalue weighted by Gasteiger charge is 2.37. The van der Waals surface area contributed by atoms with Crippen LogP contribution in [0.25, 0.3) is 0 Å². The molecule has 2 aromatic rings. The maximum absolute atomic E-state index is 13.3. The molecule has 1 aliphatic carbocycles. The summed E-state index contributed by atoms with van der Waals surface area (Å²) >= 11 is 0. The van der Waals surface area contributed by atoms with Crippen molar-refractivity contribution in [2.45, 2.75) is 44.1 Å². The molecule has 2 aliphatic rings. The predicted molar refractivity (Wildman–Crippen MR) is 111 cm³/mol. The molecule has 0 radical (unpaired) electrons. The van der Waals surface area contributed by atoms with Crippen LogP contribution in [0.2, 0.25) is 0 Å². The van der Waals surface area contributed by atoms with Crippen LogP contribution in [0.1, 0.15) is 54.4 Å². The van der Waals surface area contributed by atoms with Crippen molar-refractivity contribution in [3.8, 4) is 0 Å². The van der Waals surface area contributed by atoms with Gasteiger partial charge in [-0.25, -0.2) is 12.8 Å². The SMILES string of the molecule is O=C(NC1(c2ccc(F)cc2)CCCC1)c1ccc(N2CCCCS2(=O)=O)cc1. The minimum absolute atomic E-state index is 0.162. The van der Waals surface area contributed by atoms with Gasteiger partial charge in [-0.15, -0.1) is 0 Å². The monoisotopic (exact) mass is 416 g/mol. The van der Waals surface area contributed by atoms with Gasteiger partial charge in [-0.05, 0) is 67.6 Å². The van der Waals surface area contributed by atoms with Gasteiger partial charge in [0.1, 0.15) is 5.82 Å². The number of hydrogen-bond acceptors (Lipinski definition) is 3. The molecule has 1 aliphatic heterocycles. The van der Waals surface area contributed by atoms with Gasteiger partial charge in [0.25, 0.3) is 5.91 Å². The van der Waals surface area contributed by atoms with Crippen molar-refractivity contribution in [2.24, 2.45) is 0 Å². The predicted octanol–water partition coefficient (Wildman–Crippen LogP) is 3.96. The van der Waals surface area contributed by atoms with Crippen molar-refractivity contribution in [3.05, 3.63) is 65.5 Å². The van der Waals surface area contributed by atoms with E-state index in [0.29, 0.717) is 24.2 Å². The average molecular weight is 417 g/mol. The molecule has 1 saturated carbocycles. The fourth-order valence-electron chi connectivity index (χ4n) is 4.38. The number of hydrogen-bond donors (Lipinski definition) is 1. The van der Waals surface area contributed by atoms with Crippen molar-refractivity contribution in [2.75, 3.05) is 16.6 Å². The van der Waals surface area contributed by atoms with E-state index in [9.17, 15) is 17.6 Å². The molecule has 154 valence electrons. The summed E-state index contributed by atoms with van der Waals surface area (Å²) in [7, 11) is -3.28. The lowest BCUT2D eigenvalue weighted by Gasteiger charge is -2.31. The van der Waals surface area contributed by atoms with Gasteiger partial charge in [-0.2, -0.15) is 0 Å². The number of carbonyl (C=O) groups excluding carboxylic acids is 1. The molecule has 0 aromatic heterocycles. The molecular formula is C22H25FN2O3S. The number of anilines is 1. The molecule has 0 bridgehead atoms. The Labute approximate surface area is 171 Å². The van der Waals surface area contributed by atoms with Crippen molar-refractivity contribution in [1.82, 2.24) is 5.32 Å². The minimum Gasteiger partial charge on any atom is -0.343 e. The van der Waals surface area contributed by atoms with Crippen molar-refractivity contribution < 1.29 is 17.6 Å². The molecule has 0 spiro atoms. The van der Waals surface area contributed by atoms with Crippen molar-refractivity contribution in [3.63, 3.8) is 0 Å². The van der Waals surface area contributed by atoms with E-state index in [4.69, 9.17) is 0 Å². The molecular weight excluding hydrogens is 391 g/mol. The number of carbonyl (C=O) groups is 1. The van der Waals surface area contributed by atoms with Crippen LogP contribution < -0.4 is 9.62 Å². The Balaban J connectivity index is 1.54. The summed E-state index contributed by atoms with van der Waals surface area (Å²) in [5.41, 5.74) is 1.51. The highest BCUT2D eigenvalue weighted by Crippen LogP contribution is 2.39. The van der Waals surface area contributed by atoms with Crippen LogP contribution in [-0.2, 0) is 15.6 Å². The first kappa shape index (κ1) is 19.9. The largest absolute Gasteiger partial charge is 0.343 e. The third kappa shape index (κ3) is 4.01. The molecule has 5 nitrogen and oxygen atoms in total. The van der Waals surface area contributed by atoms with Gasteiger partial charge in [0.05, 0.1) is 17.0 Å². The summed E-state index contributed by atoms with van der Waals surface area (Å²) < 4.78 is 39.3. The number of benzene rings is 2. The zero-order valence-electron chi connectivity index (χ0n) is 16.2. The first-order chi connectivity index (χ1) is 13.9. The molecule has 7 heteroatoms. The van der Waals surface area contributed by atoms with Crippen LogP contribution in [0.15, 0.2) is 48.5 Å². The van der Waals surface area contributed by atoms with E-state index >= 15 is 0 Å². The van der Waals surface area contributed by atoms with E-state index < -0.39 is 15.6 Å². The number of nitrogens with zero attached hydrogens (tertiary/aromatic N) is 1. The summed E-state index contributed by atoms with van der Waals surface area (Å²) in [6.07, 6.45) is 5.15. The standard InChI is InChI=1S/C22H25FN2O3S/c23-19-9-7-18(8-10-19)22(13-1-2-14-22)24-21(26)17-5-11-20(12-6-17)25-15-3-4-16-29(25,27)28/h5-12H,1-4,13-16H2,(H,24,26). The van der Waals surface area contributed by atoms with Gasteiger partial charge in [-0.1, -0.05) is 25.0 Å². The second-order valence-electron chi connectivity index (χ2n) is 7.89. The molecule has 2 aromatic carbocycles. The summed E-state index contributed by atoms with van der Waals surface area (Å²) in [5, 5.41) is 3.17. The smallest absolute Gasteiger partial charge is 0.251 e. The van der Waals surface area contributed by atoms with E-state index in [0.717, 1.165) is 37.7 Å². The first-order valence-corrected chi connectivity index (χ1v) is 11.7. The van der Waals surface area contributed by atoms with E-state index in [1.54, 1.807) is 36.4 Å². The Bertz CT molecular complexity index is 982. The second kappa shape index (κ2) is 7.78. The van der Waals surface area contributed by atoms with Crippen LogP contribution in [0, 0.1) is 5.82 Å². The molecule has 0 unspecified atom stereocenters.